The molecule has 1 aromatic heterocycles. The first-order valence-corrected chi connectivity index (χ1v) is 16.9. The molecule has 2 unspecified atom stereocenters. The van der Waals surface area contributed by atoms with E-state index < -0.39 is 33.5 Å². The van der Waals surface area contributed by atoms with Crippen LogP contribution in [0.4, 0.5) is 16.2 Å². The molecule has 3 heterocycles. The van der Waals surface area contributed by atoms with Crippen LogP contribution in [-0.4, -0.2) is 81.9 Å². The van der Waals surface area contributed by atoms with Crippen molar-refractivity contribution in [1.29, 1.82) is 0 Å². The van der Waals surface area contributed by atoms with E-state index in [0.29, 0.717) is 23.6 Å². The van der Waals surface area contributed by atoms with E-state index in [1.54, 1.807) is 55.7 Å². The van der Waals surface area contributed by atoms with Crippen molar-refractivity contribution >= 4 is 45.0 Å². The molecule has 12 nitrogen and oxygen atoms in total. The first-order chi connectivity index (χ1) is 23.1. The zero-order valence-corrected chi connectivity index (χ0v) is 27.9. The molecule has 14 heteroatoms. The smallest absolute Gasteiger partial charge is 0.407 e. The maximum absolute atomic E-state index is 15.5. The number of para-hydroxylation sites is 1. The molecule has 0 spiro atoms. The van der Waals surface area contributed by atoms with Crippen LogP contribution < -0.4 is 23.4 Å². The minimum absolute atomic E-state index is 0.0170. The molecule has 4 aromatic rings. The quantitative estimate of drug-likeness (QED) is 0.254. The minimum Gasteiger partial charge on any atom is -0.497 e. The predicted molar refractivity (Wildman–Crippen MR) is 179 cm³/mol. The lowest BCUT2D eigenvalue weighted by Gasteiger charge is -2.48. The number of piperazine rings is 1. The molecule has 0 bridgehead atoms. The van der Waals surface area contributed by atoms with Crippen molar-refractivity contribution in [2.75, 3.05) is 49.7 Å². The van der Waals surface area contributed by atoms with Gasteiger partial charge in [-0.05, 0) is 55.5 Å². The van der Waals surface area contributed by atoms with Crippen LogP contribution in [-0.2, 0) is 20.2 Å². The zero-order chi connectivity index (χ0) is 34.2. The van der Waals surface area contributed by atoms with Crippen molar-refractivity contribution in [2.24, 2.45) is 0 Å². The third kappa shape index (κ3) is 5.23. The summed E-state index contributed by atoms with van der Waals surface area (Å²) in [6.07, 6.45) is 1.98. The van der Waals surface area contributed by atoms with Crippen LogP contribution in [0.3, 0.4) is 0 Å². The van der Waals surface area contributed by atoms with Gasteiger partial charge in [0.2, 0.25) is 0 Å². The van der Waals surface area contributed by atoms with Gasteiger partial charge in [-0.25, -0.2) is 17.5 Å². The molecule has 250 valence electrons. The van der Waals surface area contributed by atoms with Crippen molar-refractivity contribution in [3.05, 3.63) is 101 Å². The molecule has 2 aliphatic rings. The summed E-state index contributed by atoms with van der Waals surface area (Å²) >= 11 is 6.62. The Labute approximate surface area is 283 Å². The van der Waals surface area contributed by atoms with Gasteiger partial charge in [-0.3, -0.25) is 9.78 Å². The number of carbonyl (C=O) groups excluding carboxylic acids is 1. The van der Waals surface area contributed by atoms with Gasteiger partial charge in [-0.2, -0.15) is 0 Å². The van der Waals surface area contributed by atoms with E-state index in [2.05, 4.69) is 4.98 Å². The van der Waals surface area contributed by atoms with Crippen molar-refractivity contribution in [3.8, 4) is 17.2 Å². The Morgan fingerprint density at radius 3 is 2.42 bits per heavy atom. The molecule has 48 heavy (non-hydrogen) atoms. The second-order valence-corrected chi connectivity index (χ2v) is 13.3. The van der Waals surface area contributed by atoms with Gasteiger partial charge in [0, 0.05) is 59.9 Å². The Hall–Kier alpha value is -5.01. The maximum atomic E-state index is 15.5. The summed E-state index contributed by atoms with van der Waals surface area (Å²) in [6.45, 7) is 2.37. The molecule has 1 fully saturated rings. The van der Waals surface area contributed by atoms with Crippen LogP contribution in [0.5, 0.6) is 17.2 Å². The van der Waals surface area contributed by atoms with Crippen LogP contribution in [0.1, 0.15) is 18.1 Å². The SMILES string of the molecule is CCOc1ccccc1C1(C2CN(c3ccncc3)CCN2C(=O)O)C(=O)N(S(=O)(=O)c2ccc(OC)cc2OC)c2ccc(Cl)cc21. The number of ether oxygens (including phenoxy) is 3. The Balaban J connectivity index is 1.67. The standard InChI is InChI=1S/C34H33ClN4O8S/c1-4-47-28-8-6-5-7-25(28)34(31-21-37(17-18-38(31)33(41)42)23-13-15-36-16-14-23)26-19-22(35)9-11-27(26)39(32(34)40)48(43,44)30-12-10-24(45-2)20-29(30)46-3/h5-16,19-20,31H,4,17-18,21H2,1-3H3,(H,41,42). The fraction of sp³-hybridized carbons (Fsp3) is 0.265. The second-order valence-electron chi connectivity index (χ2n) is 11.1. The number of nitrogens with zero attached hydrogens (tertiary/aromatic N) is 4. The molecule has 1 N–H and O–H groups in total. The van der Waals surface area contributed by atoms with Crippen molar-refractivity contribution in [2.45, 2.75) is 23.3 Å². The van der Waals surface area contributed by atoms with E-state index in [9.17, 15) is 18.3 Å². The highest BCUT2D eigenvalue weighted by Crippen LogP contribution is 2.55. The van der Waals surface area contributed by atoms with E-state index in [1.165, 1.54) is 55.5 Å². The third-order valence-electron chi connectivity index (χ3n) is 8.78. The molecule has 6 rings (SSSR count). The Kier molecular flexibility index (Phi) is 8.84. The van der Waals surface area contributed by atoms with Gasteiger partial charge in [0.25, 0.3) is 15.9 Å². The average molecular weight is 693 g/mol. The Morgan fingerprint density at radius 2 is 1.73 bits per heavy atom. The van der Waals surface area contributed by atoms with E-state index in [1.807, 2.05) is 4.90 Å². The number of fused-ring (bicyclic) bond motifs is 1. The zero-order valence-electron chi connectivity index (χ0n) is 26.4. The number of rotatable bonds is 9. The lowest BCUT2D eigenvalue weighted by atomic mass is 9.68. The average Bonchev–Trinajstić information content (AvgIpc) is 3.36. The number of anilines is 2. The third-order valence-corrected chi connectivity index (χ3v) is 10.8. The molecular weight excluding hydrogens is 660 g/mol. The molecule has 2 atom stereocenters. The number of amides is 2. The molecule has 2 aliphatic heterocycles. The van der Waals surface area contributed by atoms with Gasteiger partial charge in [0.1, 0.15) is 27.6 Å². The Morgan fingerprint density at radius 1 is 0.979 bits per heavy atom. The summed E-state index contributed by atoms with van der Waals surface area (Å²) in [5.41, 5.74) is -0.635. The summed E-state index contributed by atoms with van der Waals surface area (Å²) in [5.74, 6) is -0.288. The number of pyridine rings is 1. The summed E-state index contributed by atoms with van der Waals surface area (Å²) in [6, 6.07) is 17.9. The van der Waals surface area contributed by atoms with Crippen molar-refractivity contribution in [1.82, 2.24) is 9.88 Å². The van der Waals surface area contributed by atoms with Gasteiger partial charge < -0.3 is 29.1 Å². The summed E-state index contributed by atoms with van der Waals surface area (Å²) in [5, 5.41) is 10.9. The molecular formula is C34H33ClN4O8S. The van der Waals surface area contributed by atoms with Gasteiger partial charge >= 0.3 is 6.09 Å². The summed E-state index contributed by atoms with van der Waals surface area (Å²) in [4.78, 5) is 35.6. The molecule has 0 radical (unpaired) electrons. The highest BCUT2D eigenvalue weighted by molar-refractivity contribution is 7.93. The van der Waals surface area contributed by atoms with E-state index >= 15 is 4.79 Å². The number of benzene rings is 3. The number of sulfonamides is 1. The molecule has 2 amide bonds. The van der Waals surface area contributed by atoms with Gasteiger partial charge in [0.15, 0.2) is 0 Å². The van der Waals surface area contributed by atoms with Gasteiger partial charge in [-0.15, -0.1) is 0 Å². The number of methoxy groups -OCH3 is 2. The Bertz CT molecular complexity index is 1980. The second kappa shape index (κ2) is 12.9. The number of carboxylic acid groups (broad SMARTS) is 1. The minimum atomic E-state index is -4.70. The van der Waals surface area contributed by atoms with Crippen LogP contribution in [0.2, 0.25) is 5.02 Å². The van der Waals surface area contributed by atoms with Crippen molar-refractivity contribution < 1.29 is 37.3 Å². The predicted octanol–water partition coefficient (Wildman–Crippen LogP) is 5.04. The monoisotopic (exact) mass is 692 g/mol. The van der Waals surface area contributed by atoms with Gasteiger partial charge in [-0.1, -0.05) is 29.8 Å². The molecule has 0 saturated carbocycles. The molecule has 0 aliphatic carbocycles. The lowest BCUT2D eigenvalue weighted by Crippen LogP contribution is -2.66. The molecule has 3 aromatic carbocycles. The molecule has 1 saturated heterocycles. The topological polar surface area (TPSA) is 139 Å². The largest absolute Gasteiger partial charge is 0.497 e. The fourth-order valence-corrected chi connectivity index (χ4v) is 8.50. The number of carbonyl (C=O) groups is 2. The maximum Gasteiger partial charge on any atom is 0.407 e. The van der Waals surface area contributed by atoms with Crippen molar-refractivity contribution in [3.63, 3.8) is 0 Å². The van der Waals surface area contributed by atoms with Crippen LogP contribution in [0, 0.1) is 0 Å². The van der Waals surface area contributed by atoms with Crippen LogP contribution >= 0.6 is 11.6 Å². The number of aromatic nitrogens is 1. The normalized spacial score (nSPS) is 19.2. The van der Waals surface area contributed by atoms with Crippen LogP contribution in [0.15, 0.2) is 90.1 Å². The first-order valence-electron chi connectivity index (χ1n) is 15.1. The summed E-state index contributed by atoms with van der Waals surface area (Å²) < 4.78 is 47.0. The first kappa shape index (κ1) is 32.9. The van der Waals surface area contributed by atoms with E-state index in [0.717, 1.165) is 9.99 Å². The summed E-state index contributed by atoms with van der Waals surface area (Å²) in [7, 11) is -1.95. The number of hydrogen-bond acceptors (Lipinski definition) is 9. The highest BCUT2D eigenvalue weighted by Gasteiger charge is 2.64. The highest BCUT2D eigenvalue weighted by atomic mass is 35.5. The van der Waals surface area contributed by atoms with E-state index in [4.69, 9.17) is 25.8 Å². The number of hydrogen-bond donors (Lipinski definition) is 1. The number of halogens is 1. The van der Waals surface area contributed by atoms with Gasteiger partial charge in [0.05, 0.1) is 32.6 Å². The fourth-order valence-electron chi connectivity index (χ4n) is 6.72. The lowest BCUT2D eigenvalue weighted by molar-refractivity contribution is -0.122. The van der Waals surface area contributed by atoms with E-state index in [-0.39, 0.29) is 46.6 Å². The van der Waals surface area contributed by atoms with Crippen LogP contribution in [0.25, 0.3) is 0 Å².